The first-order valence-corrected chi connectivity index (χ1v) is 7.13. The van der Waals surface area contributed by atoms with Crippen molar-refractivity contribution < 1.29 is 4.74 Å². The maximum absolute atomic E-state index is 5.49. The molecule has 108 valence electrons. The highest BCUT2D eigenvalue weighted by Gasteiger charge is 1.98. The van der Waals surface area contributed by atoms with Crippen LogP contribution in [-0.4, -0.2) is 35.8 Å². The SMILES string of the molecule is CCCNc1cncc(NCCCCOC(C)C)n1. The third kappa shape index (κ3) is 7.62. The molecule has 0 atom stereocenters. The Labute approximate surface area is 116 Å². The van der Waals surface area contributed by atoms with Crippen LogP contribution in [0, 0.1) is 0 Å². The number of ether oxygens (including phenoxy) is 1. The first-order valence-electron chi connectivity index (χ1n) is 7.13. The number of aromatic nitrogens is 2. The van der Waals surface area contributed by atoms with Crippen molar-refractivity contribution >= 4 is 11.6 Å². The normalized spacial score (nSPS) is 10.7. The van der Waals surface area contributed by atoms with Gasteiger partial charge in [-0.1, -0.05) is 6.92 Å². The van der Waals surface area contributed by atoms with E-state index in [1.54, 1.807) is 12.4 Å². The third-order valence-electron chi connectivity index (χ3n) is 2.52. The molecule has 2 N–H and O–H groups in total. The molecule has 0 radical (unpaired) electrons. The number of nitrogens with one attached hydrogen (secondary N) is 2. The summed E-state index contributed by atoms with van der Waals surface area (Å²) in [5, 5.41) is 6.50. The standard InChI is InChI=1S/C14H26N4O/c1-4-7-16-13-10-15-11-14(18-13)17-8-5-6-9-19-12(2)3/h10-12H,4-9H2,1-3H3,(H2,16,17,18). The Morgan fingerprint density at radius 2 is 1.79 bits per heavy atom. The summed E-state index contributed by atoms with van der Waals surface area (Å²) in [6.07, 6.45) is 7.03. The van der Waals surface area contributed by atoms with E-state index in [2.05, 4.69) is 41.4 Å². The maximum atomic E-state index is 5.49. The van der Waals surface area contributed by atoms with E-state index < -0.39 is 0 Å². The molecule has 0 saturated heterocycles. The predicted molar refractivity (Wildman–Crippen MR) is 79.6 cm³/mol. The van der Waals surface area contributed by atoms with Gasteiger partial charge in [0.2, 0.25) is 0 Å². The summed E-state index contributed by atoms with van der Waals surface area (Å²) in [4.78, 5) is 8.60. The Balaban J connectivity index is 2.18. The van der Waals surface area contributed by atoms with Crippen LogP contribution in [0.1, 0.15) is 40.0 Å². The summed E-state index contributed by atoms with van der Waals surface area (Å²) < 4.78 is 5.49. The minimum Gasteiger partial charge on any atom is -0.379 e. The molecule has 0 fully saturated rings. The van der Waals surface area contributed by atoms with Gasteiger partial charge in [0.25, 0.3) is 0 Å². The second kappa shape index (κ2) is 9.55. The van der Waals surface area contributed by atoms with Gasteiger partial charge in [-0.3, -0.25) is 4.98 Å². The zero-order valence-electron chi connectivity index (χ0n) is 12.3. The Kier molecular flexibility index (Phi) is 7.89. The number of unbranched alkanes of at least 4 members (excludes halogenated alkanes) is 1. The van der Waals surface area contributed by atoms with Crippen LogP contribution in [0.15, 0.2) is 12.4 Å². The highest BCUT2D eigenvalue weighted by atomic mass is 16.5. The lowest BCUT2D eigenvalue weighted by molar-refractivity contribution is 0.0765. The van der Waals surface area contributed by atoms with Gasteiger partial charge in [-0.05, 0) is 33.1 Å². The second-order valence-electron chi connectivity index (χ2n) is 4.77. The second-order valence-corrected chi connectivity index (χ2v) is 4.77. The lowest BCUT2D eigenvalue weighted by Crippen LogP contribution is -2.09. The van der Waals surface area contributed by atoms with Gasteiger partial charge in [0, 0.05) is 19.7 Å². The fourth-order valence-electron chi connectivity index (χ4n) is 1.55. The fraction of sp³-hybridized carbons (Fsp3) is 0.714. The molecule has 19 heavy (non-hydrogen) atoms. The van der Waals surface area contributed by atoms with E-state index in [-0.39, 0.29) is 0 Å². The van der Waals surface area contributed by atoms with Gasteiger partial charge in [0.1, 0.15) is 11.6 Å². The number of hydrogen-bond donors (Lipinski definition) is 2. The van der Waals surface area contributed by atoms with E-state index in [4.69, 9.17) is 4.74 Å². The highest BCUT2D eigenvalue weighted by Crippen LogP contribution is 2.06. The Morgan fingerprint density at radius 3 is 2.42 bits per heavy atom. The first-order chi connectivity index (χ1) is 9.22. The average Bonchev–Trinajstić information content (AvgIpc) is 2.40. The molecule has 1 aromatic rings. The molecular formula is C14H26N4O. The van der Waals surface area contributed by atoms with Crippen molar-refractivity contribution in [1.82, 2.24) is 9.97 Å². The summed E-state index contributed by atoms with van der Waals surface area (Å²) in [5.41, 5.74) is 0. The molecular weight excluding hydrogens is 240 g/mol. The Hall–Kier alpha value is -1.36. The van der Waals surface area contributed by atoms with Crippen LogP contribution in [0.2, 0.25) is 0 Å². The van der Waals surface area contributed by atoms with Gasteiger partial charge >= 0.3 is 0 Å². The summed E-state index contributed by atoms with van der Waals surface area (Å²) in [6, 6.07) is 0. The molecule has 0 aromatic carbocycles. The molecule has 0 bridgehead atoms. The highest BCUT2D eigenvalue weighted by molar-refractivity contribution is 5.41. The van der Waals surface area contributed by atoms with Gasteiger partial charge < -0.3 is 15.4 Å². The molecule has 0 aliphatic rings. The van der Waals surface area contributed by atoms with Crippen molar-refractivity contribution in [3.8, 4) is 0 Å². The van der Waals surface area contributed by atoms with Crippen LogP contribution in [0.3, 0.4) is 0 Å². The van der Waals surface area contributed by atoms with Crippen LogP contribution >= 0.6 is 0 Å². The minimum absolute atomic E-state index is 0.320. The van der Waals surface area contributed by atoms with Crippen molar-refractivity contribution in [1.29, 1.82) is 0 Å². The van der Waals surface area contributed by atoms with Gasteiger partial charge in [0.05, 0.1) is 18.5 Å². The van der Waals surface area contributed by atoms with Crippen molar-refractivity contribution in [2.24, 2.45) is 0 Å². The molecule has 1 aromatic heterocycles. The van der Waals surface area contributed by atoms with Crippen LogP contribution in [0.25, 0.3) is 0 Å². The number of nitrogens with zero attached hydrogens (tertiary/aromatic N) is 2. The summed E-state index contributed by atoms with van der Waals surface area (Å²) >= 11 is 0. The summed E-state index contributed by atoms with van der Waals surface area (Å²) in [5.74, 6) is 1.65. The number of rotatable bonds is 10. The van der Waals surface area contributed by atoms with E-state index >= 15 is 0 Å². The monoisotopic (exact) mass is 266 g/mol. The van der Waals surface area contributed by atoms with E-state index in [0.717, 1.165) is 50.6 Å². The molecule has 0 amide bonds. The summed E-state index contributed by atoms with van der Waals surface area (Å²) in [6.45, 7) is 8.88. The molecule has 0 unspecified atom stereocenters. The quantitative estimate of drug-likeness (QED) is 0.638. The van der Waals surface area contributed by atoms with Crippen molar-refractivity contribution in [3.05, 3.63) is 12.4 Å². The van der Waals surface area contributed by atoms with Gasteiger partial charge in [0.15, 0.2) is 0 Å². The fourth-order valence-corrected chi connectivity index (χ4v) is 1.55. The number of hydrogen-bond acceptors (Lipinski definition) is 5. The van der Waals surface area contributed by atoms with E-state index in [9.17, 15) is 0 Å². The average molecular weight is 266 g/mol. The minimum atomic E-state index is 0.320. The van der Waals surface area contributed by atoms with E-state index in [1.165, 1.54) is 0 Å². The molecule has 0 aliphatic carbocycles. The van der Waals surface area contributed by atoms with Crippen LogP contribution < -0.4 is 10.6 Å². The Bertz CT molecular complexity index is 344. The zero-order chi connectivity index (χ0) is 13.9. The predicted octanol–water partition coefficient (Wildman–Crippen LogP) is 2.92. The smallest absolute Gasteiger partial charge is 0.146 e. The van der Waals surface area contributed by atoms with Gasteiger partial charge in [-0.2, -0.15) is 0 Å². The Morgan fingerprint density at radius 1 is 1.11 bits per heavy atom. The molecule has 0 saturated carbocycles. The molecule has 1 rings (SSSR count). The van der Waals surface area contributed by atoms with Crippen LogP contribution in [0.5, 0.6) is 0 Å². The van der Waals surface area contributed by atoms with Crippen molar-refractivity contribution in [3.63, 3.8) is 0 Å². The lowest BCUT2D eigenvalue weighted by Gasteiger charge is -2.09. The van der Waals surface area contributed by atoms with Crippen molar-refractivity contribution in [2.45, 2.75) is 46.1 Å². The molecule has 0 spiro atoms. The van der Waals surface area contributed by atoms with E-state index in [0.29, 0.717) is 6.10 Å². The van der Waals surface area contributed by atoms with Crippen LogP contribution in [-0.2, 0) is 4.74 Å². The number of anilines is 2. The van der Waals surface area contributed by atoms with E-state index in [1.807, 2.05) is 0 Å². The first kappa shape index (κ1) is 15.7. The molecule has 0 aliphatic heterocycles. The topological polar surface area (TPSA) is 59.1 Å². The third-order valence-corrected chi connectivity index (χ3v) is 2.52. The zero-order valence-corrected chi connectivity index (χ0v) is 12.3. The van der Waals surface area contributed by atoms with Crippen molar-refractivity contribution in [2.75, 3.05) is 30.3 Å². The maximum Gasteiger partial charge on any atom is 0.146 e. The van der Waals surface area contributed by atoms with Gasteiger partial charge in [-0.25, -0.2) is 4.98 Å². The summed E-state index contributed by atoms with van der Waals surface area (Å²) in [7, 11) is 0. The molecule has 5 heteroatoms. The molecule has 1 heterocycles. The largest absolute Gasteiger partial charge is 0.379 e. The lowest BCUT2D eigenvalue weighted by atomic mass is 10.3. The van der Waals surface area contributed by atoms with Gasteiger partial charge in [-0.15, -0.1) is 0 Å². The molecule has 5 nitrogen and oxygen atoms in total. The van der Waals surface area contributed by atoms with Crippen LogP contribution in [0.4, 0.5) is 11.6 Å².